The SMILES string of the molecule is CC(C)NCc1cc(COCCO)cc(Br)c1N. The van der Waals surface area contributed by atoms with Gasteiger partial charge >= 0.3 is 0 Å². The predicted octanol–water partition coefficient (Wildman–Crippen LogP) is 2.04. The highest BCUT2D eigenvalue weighted by molar-refractivity contribution is 9.10. The van der Waals surface area contributed by atoms with Crippen molar-refractivity contribution in [2.24, 2.45) is 0 Å². The van der Waals surface area contributed by atoms with Gasteiger partial charge in [0.25, 0.3) is 0 Å². The number of rotatable bonds is 7. The summed E-state index contributed by atoms with van der Waals surface area (Å²) < 4.78 is 6.19. The third kappa shape index (κ3) is 4.94. The molecule has 0 spiro atoms. The summed E-state index contributed by atoms with van der Waals surface area (Å²) in [5.74, 6) is 0. The Balaban J connectivity index is 2.75. The number of hydrogen-bond acceptors (Lipinski definition) is 4. The third-order valence-electron chi connectivity index (χ3n) is 2.48. The van der Waals surface area contributed by atoms with Gasteiger partial charge in [0, 0.05) is 17.1 Å². The van der Waals surface area contributed by atoms with Gasteiger partial charge in [-0.25, -0.2) is 0 Å². The maximum absolute atomic E-state index is 8.68. The van der Waals surface area contributed by atoms with Gasteiger partial charge in [0.05, 0.1) is 25.5 Å². The van der Waals surface area contributed by atoms with Crippen LogP contribution in [-0.4, -0.2) is 24.4 Å². The molecule has 18 heavy (non-hydrogen) atoms. The maximum atomic E-state index is 8.68. The van der Waals surface area contributed by atoms with Crippen LogP contribution in [0.1, 0.15) is 25.0 Å². The zero-order valence-corrected chi connectivity index (χ0v) is 12.5. The normalized spacial score (nSPS) is 11.2. The zero-order chi connectivity index (χ0) is 13.5. The van der Waals surface area contributed by atoms with Crippen LogP contribution in [0.5, 0.6) is 0 Å². The second kappa shape index (κ2) is 7.74. The van der Waals surface area contributed by atoms with Crippen LogP contribution in [0.25, 0.3) is 0 Å². The number of aliphatic hydroxyl groups excluding tert-OH is 1. The Bertz CT molecular complexity index is 383. The Morgan fingerprint density at radius 2 is 2.17 bits per heavy atom. The van der Waals surface area contributed by atoms with E-state index in [4.69, 9.17) is 15.6 Å². The van der Waals surface area contributed by atoms with Gasteiger partial charge < -0.3 is 20.9 Å². The van der Waals surface area contributed by atoms with E-state index < -0.39 is 0 Å². The quantitative estimate of drug-likeness (QED) is 0.532. The van der Waals surface area contributed by atoms with Crippen molar-refractivity contribution in [3.05, 3.63) is 27.7 Å². The minimum atomic E-state index is 0.0396. The molecule has 0 atom stereocenters. The van der Waals surface area contributed by atoms with Crippen LogP contribution in [0.15, 0.2) is 16.6 Å². The van der Waals surface area contributed by atoms with Crippen molar-refractivity contribution in [1.29, 1.82) is 0 Å². The summed E-state index contributed by atoms with van der Waals surface area (Å²) in [7, 11) is 0. The number of ether oxygens (including phenoxy) is 1. The average Bonchev–Trinajstić information content (AvgIpc) is 2.32. The Morgan fingerprint density at radius 1 is 1.44 bits per heavy atom. The molecule has 102 valence electrons. The van der Waals surface area contributed by atoms with E-state index in [9.17, 15) is 0 Å². The van der Waals surface area contributed by atoms with Crippen molar-refractivity contribution in [2.75, 3.05) is 18.9 Å². The van der Waals surface area contributed by atoms with Crippen molar-refractivity contribution in [2.45, 2.75) is 33.0 Å². The molecule has 0 aromatic heterocycles. The molecule has 0 aliphatic heterocycles. The fraction of sp³-hybridized carbons (Fsp3) is 0.538. The second-order valence-electron chi connectivity index (χ2n) is 4.46. The zero-order valence-electron chi connectivity index (χ0n) is 10.9. The van der Waals surface area contributed by atoms with Gasteiger partial charge in [-0.3, -0.25) is 0 Å². The van der Waals surface area contributed by atoms with E-state index in [1.54, 1.807) is 0 Å². The molecular weight excluding hydrogens is 296 g/mol. The Kier molecular flexibility index (Phi) is 6.63. The van der Waals surface area contributed by atoms with Crippen molar-refractivity contribution in [3.8, 4) is 0 Å². The van der Waals surface area contributed by atoms with Gasteiger partial charge in [-0.05, 0) is 33.1 Å². The van der Waals surface area contributed by atoms with E-state index in [0.717, 1.165) is 27.8 Å². The van der Waals surface area contributed by atoms with Gasteiger partial charge in [-0.15, -0.1) is 0 Å². The van der Waals surface area contributed by atoms with E-state index >= 15 is 0 Å². The minimum Gasteiger partial charge on any atom is -0.398 e. The summed E-state index contributed by atoms with van der Waals surface area (Å²) in [4.78, 5) is 0. The lowest BCUT2D eigenvalue weighted by atomic mass is 10.1. The molecule has 0 amide bonds. The summed E-state index contributed by atoms with van der Waals surface area (Å²) in [6.45, 7) is 5.79. The lowest BCUT2D eigenvalue weighted by Gasteiger charge is -2.13. The fourth-order valence-electron chi connectivity index (χ4n) is 1.54. The van der Waals surface area contributed by atoms with Gasteiger partial charge in [0.15, 0.2) is 0 Å². The first-order valence-corrected chi connectivity index (χ1v) is 6.82. The van der Waals surface area contributed by atoms with E-state index in [2.05, 4.69) is 35.1 Å². The summed E-state index contributed by atoms with van der Waals surface area (Å²) in [6, 6.07) is 4.40. The number of nitrogens with one attached hydrogen (secondary N) is 1. The van der Waals surface area contributed by atoms with Gasteiger partial charge in [-0.1, -0.05) is 19.9 Å². The highest BCUT2D eigenvalue weighted by Crippen LogP contribution is 2.26. The lowest BCUT2D eigenvalue weighted by molar-refractivity contribution is 0.0815. The number of benzene rings is 1. The van der Waals surface area contributed by atoms with Crippen molar-refractivity contribution in [1.82, 2.24) is 5.32 Å². The van der Waals surface area contributed by atoms with Crippen LogP contribution < -0.4 is 11.1 Å². The van der Waals surface area contributed by atoms with Crippen LogP contribution in [0.2, 0.25) is 0 Å². The third-order valence-corrected chi connectivity index (χ3v) is 3.14. The Hall–Kier alpha value is -0.620. The average molecular weight is 317 g/mol. The molecule has 0 saturated carbocycles. The predicted molar refractivity (Wildman–Crippen MR) is 77.3 cm³/mol. The van der Waals surface area contributed by atoms with Crippen molar-refractivity contribution < 1.29 is 9.84 Å². The number of nitrogen functional groups attached to an aromatic ring is 1. The molecule has 1 aromatic carbocycles. The standard InChI is InChI=1S/C13H21BrN2O2/c1-9(2)16-7-11-5-10(8-18-4-3-17)6-12(14)13(11)15/h5-6,9,16-17H,3-4,7-8,15H2,1-2H3. The van der Waals surface area contributed by atoms with E-state index in [-0.39, 0.29) is 6.61 Å². The van der Waals surface area contributed by atoms with Gasteiger partial charge in [-0.2, -0.15) is 0 Å². The fourth-order valence-corrected chi connectivity index (χ4v) is 2.08. The minimum absolute atomic E-state index is 0.0396. The first-order valence-electron chi connectivity index (χ1n) is 6.03. The van der Waals surface area contributed by atoms with Crippen LogP contribution >= 0.6 is 15.9 Å². The Labute approximate surface area is 117 Å². The number of hydrogen-bond donors (Lipinski definition) is 3. The monoisotopic (exact) mass is 316 g/mol. The number of aliphatic hydroxyl groups is 1. The van der Waals surface area contributed by atoms with Crippen LogP contribution in [0, 0.1) is 0 Å². The molecule has 0 aliphatic carbocycles. The van der Waals surface area contributed by atoms with Gasteiger partial charge in [0.2, 0.25) is 0 Å². The summed E-state index contributed by atoms with van der Waals surface area (Å²) in [5, 5.41) is 12.0. The number of halogens is 1. The number of nitrogens with two attached hydrogens (primary N) is 1. The molecule has 0 saturated heterocycles. The highest BCUT2D eigenvalue weighted by Gasteiger charge is 2.07. The van der Waals surface area contributed by atoms with E-state index in [1.807, 2.05) is 12.1 Å². The molecule has 0 unspecified atom stereocenters. The molecule has 0 fully saturated rings. The smallest absolute Gasteiger partial charge is 0.0718 e. The summed E-state index contributed by atoms with van der Waals surface area (Å²) in [6.07, 6.45) is 0. The first kappa shape index (κ1) is 15.4. The molecule has 0 heterocycles. The molecule has 4 nitrogen and oxygen atoms in total. The molecular formula is C13H21BrN2O2. The molecule has 0 radical (unpaired) electrons. The van der Waals surface area contributed by atoms with E-state index in [0.29, 0.717) is 19.3 Å². The second-order valence-corrected chi connectivity index (χ2v) is 5.32. The van der Waals surface area contributed by atoms with Crippen LogP contribution in [0.3, 0.4) is 0 Å². The highest BCUT2D eigenvalue weighted by atomic mass is 79.9. The molecule has 0 bridgehead atoms. The molecule has 5 heteroatoms. The van der Waals surface area contributed by atoms with Crippen LogP contribution in [0.4, 0.5) is 5.69 Å². The first-order chi connectivity index (χ1) is 8.54. The lowest BCUT2D eigenvalue weighted by Crippen LogP contribution is -2.22. The molecule has 1 rings (SSSR count). The summed E-state index contributed by atoms with van der Waals surface area (Å²) >= 11 is 3.46. The topological polar surface area (TPSA) is 67.5 Å². The largest absolute Gasteiger partial charge is 0.398 e. The van der Waals surface area contributed by atoms with E-state index in [1.165, 1.54) is 0 Å². The molecule has 4 N–H and O–H groups in total. The maximum Gasteiger partial charge on any atom is 0.0718 e. The number of anilines is 1. The van der Waals surface area contributed by atoms with Crippen molar-refractivity contribution in [3.63, 3.8) is 0 Å². The van der Waals surface area contributed by atoms with Crippen LogP contribution in [-0.2, 0) is 17.9 Å². The molecule has 0 aliphatic rings. The van der Waals surface area contributed by atoms with Gasteiger partial charge in [0.1, 0.15) is 0 Å². The van der Waals surface area contributed by atoms with Crippen molar-refractivity contribution >= 4 is 21.6 Å². The molecule has 1 aromatic rings. The Morgan fingerprint density at radius 3 is 2.78 bits per heavy atom. The summed E-state index contributed by atoms with van der Waals surface area (Å²) in [5.41, 5.74) is 8.89.